The molecule has 0 saturated carbocycles. The zero-order valence-corrected chi connectivity index (χ0v) is 8.93. The van der Waals surface area contributed by atoms with E-state index in [1.54, 1.807) is 12.1 Å². The van der Waals surface area contributed by atoms with Crippen LogP contribution in [0.15, 0.2) is 16.7 Å². The first-order chi connectivity index (χ1) is 5.65. The lowest BCUT2D eigenvalue weighted by molar-refractivity contribution is 0.173. The van der Waals surface area contributed by atoms with Gasteiger partial charge in [0, 0.05) is 5.56 Å². The van der Waals surface area contributed by atoms with Crippen molar-refractivity contribution in [3.05, 3.63) is 27.5 Å². The van der Waals surface area contributed by atoms with Crippen LogP contribution in [-0.4, -0.2) is 10.1 Å². The summed E-state index contributed by atoms with van der Waals surface area (Å²) in [6.45, 7) is 1.89. The van der Waals surface area contributed by atoms with Gasteiger partial charge in [0.15, 0.2) is 0 Å². The Morgan fingerprint density at radius 2 is 2.33 bits per heavy atom. The minimum Gasteiger partial charge on any atom is -0.388 e. The molecular formula is C8H9BrClNO. The van der Waals surface area contributed by atoms with E-state index in [0.29, 0.717) is 21.7 Å². The number of halogens is 2. The number of pyridine rings is 1. The van der Waals surface area contributed by atoms with Crippen LogP contribution in [0.5, 0.6) is 0 Å². The van der Waals surface area contributed by atoms with Crippen LogP contribution >= 0.6 is 27.5 Å². The van der Waals surface area contributed by atoms with Crippen LogP contribution in [0.4, 0.5) is 0 Å². The molecule has 0 aliphatic rings. The van der Waals surface area contributed by atoms with E-state index in [-0.39, 0.29) is 0 Å². The second-order valence-corrected chi connectivity index (χ2v) is 3.61. The molecule has 0 spiro atoms. The fraction of sp³-hybridized carbons (Fsp3) is 0.375. The molecule has 0 aliphatic carbocycles. The lowest BCUT2D eigenvalue weighted by atomic mass is 10.1. The van der Waals surface area contributed by atoms with Crippen LogP contribution < -0.4 is 0 Å². The minimum absolute atomic E-state index is 0.360. The molecular weight excluding hydrogens is 241 g/mol. The standard InChI is InChI=1S/C8H9BrClNO/c1-2-6(12)5-3-4-7(9)11-8(5)10/h3-4,6,12H,2H2,1H3. The Hall–Kier alpha value is -0.120. The van der Waals surface area contributed by atoms with Crippen LogP contribution in [0.1, 0.15) is 25.0 Å². The minimum atomic E-state index is -0.516. The van der Waals surface area contributed by atoms with E-state index in [4.69, 9.17) is 11.6 Å². The SMILES string of the molecule is CCC(O)c1ccc(Br)nc1Cl. The number of aliphatic hydroxyl groups excluding tert-OH is 1. The smallest absolute Gasteiger partial charge is 0.136 e. The van der Waals surface area contributed by atoms with Gasteiger partial charge in [0.25, 0.3) is 0 Å². The summed E-state index contributed by atoms with van der Waals surface area (Å²) in [6, 6.07) is 3.54. The molecule has 1 atom stereocenters. The highest BCUT2D eigenvalue weighted by atomic mass is 79.9. The van der Waals surface area contributed by atoms with Crippen LogP contribution in [-0.2, 0) is 0 Å². The first-order valence-corrected chi connectivity index (χ1v) is 4.82. The van der Waals surface area contributed by atoms with Crippen molar-refractivity contribution in [1.29, 1.82) is 0 Å². The molecule has 1 aromatic rings. The third kappa shape index (κ3) is 2.19. The molecule has 12 heavy (non-hydrogen) atoms. The molecule has 1 N–H and O–H groups in total. The highest BCUT2D eigenvalue weighted by molar-refractivity contribution is 9.10. The predicted molar refractivity (Wildman–Crippen MR) is 52.2 cm³/mol. The zero-order chi connectivity index (χ0) is 9.14. The second kappa shape index (κ2) is 4.21. The molecule has 1 heterocycles. The molecule has 0 aromatic carbocycles. The summed E-state index contributed by atoms with van der Waals surface area (Å²) in [5.74, 6) is 0. The Kier molecular flexibility index (Phi) is 3.50. The molecule has 1 rings (SSSR count). The number of hydrogen-bond acceptors (Lipinski definition) is 2. The largest absolute Gasteiger partial charge is 0.388 e. The summed E-state index contributed by atoms with van der Waals surface area (Å²) in [5, 5.41) is 9.82. The maximum absolute atomic E-state index is 9.46. The Morgan fingerprint density at radius 3 is 2.83 bits per heavy atom. The third-order valence-corrected chi connectivity index (χ3v) is 2.33. The topological polar surface area (TPSA) is 33.1 Å². The van der Waals surface area contributed by atoms with Crippen LogP contribution in [0.2, 0.25) is 5.15 Å². The van der Waals surface area contributed by atoms with Gasteiger partial charge in [-0.1, -0.05) is 24.6 Å². The van der Waals surface area contributed by atoms with E-state index in [1.807, 2.05) is 6.92 Å². The lowest BCUT2D eigenvalue weighted by Gasteiger charge is -2.08. The highest BCUT2D eigenvalue weighted by Crippen LogP contribution is 2.24. The van der Waals surface area contributed by atoms with Gasteiger partial charge in [0.1, 0.15) is 9.76 Å². The van der Waals surface area contributed by atoms with Crippen molar-refractivity contribution in [2.45, 2.75) is 19.4 Å². The fourth-order valence-electron chi connectivity index (χ4n) is 0.891. The summed E-state index contributed by atoms with van der Waals surface area (Å²) in [6.07, 6.45) is 0.126. The van der Waals surface area contributed by atoms with Gasteiger partial charge in [0.05, 0.1) is 6.10 Å². The second-order valence-electron chi connectivity index (χ2n) is 2.44. The van der Waals surface area contributed by atoms with Gasteiger partial charge in [-0.3, -0.25) is 0 Å². The number of aliphatic hydroxyl groups is 1. The molecule has 4 heteroatoms. The van der Waals surface area contributed by atoms with Gasteiger partial charge in [-0.15, -0.1) is 0 Å². The summed E-state index contributed by atoms with van der Waals surface area (Å²) in [5.41, 5.74) is 0.683. The Bertz CT molecular complexity index is 280. The van der Waals surface area contributed by atoms with Gasteiger partial charge < -0.3 is 5.11 Å². The number of rotatable bonds is 2. The van der Waals surface area contributed by atoms with Crippen molar-refractivity contribution < 1.29 is 5.11 Å². The summed E-state index contributed by atoms with van der Waals surface area (Å²) in [7, 11) is 0. The summed E-state index contributed by atoms with van der Waals surface area (Å²) >= 11 is 8.99. The van der Waals surface area contributed by atoms with E-state index < -0.39 is 6.10 Å². The highest BCUT2D eigenvalue weighted by Gasteiger charge is 2.09. The Balaban J connectivity index is 3.01. The van der Waals surface area contributed by atoms with Crippen molar-refractivity contribution in [2.24, 2.45) is 0 Å². The lowest BCUT2D eigenvalue weighted by Crippen LogP contribution is -1.97. The molecule has 0 aliphatic heterocycles. The van der Waals surface area contributed by atoms with Gasteiger partial charge in [0.2, 0.25) is 0 Å². The van der Waals surface area contributed by atoms with E-state index in [9.17, 15) is 5.11 Å². The molecule has 0 fully saturated rings. The van der Waals surface area contributed by atoms with Crippen molar-refractivity contribution in [3.63, 3.8) is 0 Å². The van der Waals surface area contributed by atoms with Crippen molar-refractivity contribution in [3.8, 4) is 0 Å². The van der Waals surface area contributed by atoms with E-state index in [1.165, 1.54) is 0 Å². The maximum atomic E-state index is 9.46. The van der Waals surface area contributed by atoms with Crippen molar-refractivity contribution >= 4 is 27.5 Å². The molecule has 0 radical (unpaired) electrons. The molecule has 1 unspecified atom stereocenters. The monoisotopic (exact) mass is 249 g/mol. The Morgan fingerprint density at radius 1 is 1.67 bits per heavy atom. The summed E-state index contributed by atoms with van der Waals surface area (Å²) < 4.78 is 0.680. The fourth-order valence-corrected chi connectivity index (χ4v) is 1.58. The van der Waals surface area contributed by atoms with Crippen LogP contribution in [0, 0.1) is 0 Å². The predicted octanol–water partition coefficient (Wildman–Crippen LogP) is 2.94. The maximum Gasteiger partial charge on any atom is 0.136 e. The van der Waals surface area contributed by atoms with E-state index in [0.717, 1.165) is 0 Å². The average molecular weight is 251 g/mol. The molecule has 0 bridgehead atoms. The van der Waals surface area contributed by atoms with Crippen LogP contribution in [0.3, 0.4) is 0 Å². The average Bonchev–Trinajstić information content (AvgIpc) is 2.03. The normalized spacial score (nSPS) is 13.0. The van der Waals surface area contributed by atoms with E-state index in [2.05, 4.69) is 20.9 Å². The van der Waals surface area contributed by atoms with Gasteiger partial charge in [-0.05, 0) is 28.4 Å². The molecule has 0 saturated heterocycles. The van der Waals surface area contributed by atoms with Gasteiger partial charge >= 0.3 is 0 Å². The van der Waals surface area contributed by atoms with Crippen molar-refractivity contribution in [2.75, 3.05) is 0 Å². The molecule has 66 valence electrons. The molecule has 0 amide bonds. The number of hydrogen-bond donors (Lipinski definition) is 1. The first-order valence-electron chi connectivity index (χ1n) is 3.65. The van der Waals surface area contributed by atoms with Crippen molar-refractivity contribution in [1.82, 2.24) is 4.98 Å². The molecule has 1 aromatic heterocycles. The van der Waals surface area contributed by atoms with Gasteiger partial charge in [-0.25, -0.2) is 4.98 Å². The number of nitrogens with zero attached hydrogens (tertiary/aromatic N) is 1. The summed E-state index contributed by atoms with van der Waals surface area (Å²) in [4.78, 5) is 3.96. The number of aromatic nitrogens is 1. The molecule has 2 nitrogen and oxygen atoms in total. The Labute approximate surface area is 84.7 Å². The third-order valence-electron chi connectivity index (χ3n) is 1.59. The first kappa shape index (κ1) is 9.96. The van der Waals surface area contributed by atoms with E-state index >= 15 is 0 Å². The van der Waals surface area contributed by atoms with Crippen LogP contribution in [0.25, 0.3) is 0 Å². The quantitative estimate of drug-likeness (QED) is 0.819. The zero-order valence-electron chi connectivity index (χ0n) is 6.59. The van der Waals surface area contributed by atoms with Gasteiger partial charge in [-0.2, -0.15) is 0 Å².